The largest absolute Gasteiger partial charge is 0.497 e. The van der Waals surface area contributed by atoms with Crippen molar-refractivity contribution in [3.63, 3.8) is 0 Å². The molecule has 0 amide bonds. The summed E-state index contributed by atoms with van der Waals surface area (Å²) < 4.78 is 22.4. The minimum atomic E-state index is -0.944. The van der Waals surface area contributed by atoms with Gasteiger partial charge in [-0.15, -0.1) is 0 Å². The summed E-state index contributed by atoms with van der Waals surface area (Å²) in [6, 6.07) is 16.2. The fourth-order valence-electron chi connectivity index (χ4n) is 5.75. The van der Waals surface area contributed by atoms with Crippen LogP contribution in [0.2, 0.25) is 0 Å². The molecule has 1 N–H and O–H groups in total. The van der Waals surface area contributed by atoms with Crippen LogP contribution in [0.3, 0.4) is 0 Å². The zero-order valence-corrected chi connectivity index (χ0v) is 23.0. The van der Waals surface area contributed by atoms with Gasteiger partial charge in [0.05, 0.1) is 36.5 Å². The monoisotopic (exact) mass is 551 g/mol. The molecule has 8 nitrogen and oxygen atoms in total. The van der Waals surface area contributed by atoms with Gasteiger partial charge in [-0.05, 0) is 62.2 Å². The van der Waals surface area contributed by atoms with E-state index >= 15 is 0 Å². The molecule has 41 heavy (non-hydrogen) atoms. The molecule has 0 radical (unpaired) electrons. The van der Waals surface area contributed by atoms with E-state index in [9.17, 15) is 14.4 Å². The summed E-state index contributed by atoms with van der Waals surface area (Å²) in [6.07, 6.45) is 3.64. The molecule has 1 aliphatic heterocycles. The van der Waals surface area contributed by atoms with Crippen molar-refractivity contribution in [1.82, 2.24) is 5.32 Å². The molecule has 0 unspecified atom stereocenters. The van der Waals surface area contributed by atoms with Crippen molar-refractivity contribution < 1.29 is 27.9 Å². The van der Waals surface area contributed by atoms with Gasteiger partial charge in [0.15, 0.2) is 11.2 Å². The molecule has 0 bridgehead atoms. The van der Waals surface area contributed by atoms with E-state index in [4.69, 9.17) is 18.3 Å². The van der Waals surface area contributed by atoms with Crippen LogP contribution in [0.5, 0.6) is 5.75 Å². The van der Waals surface area contributed by atoms with Gasteiger partial charge in [-0.1, -0.05) is 23.8 Å². The van der Waals surface area contributed by atoms with E-state index in [1.165, 1.54) is 6.26 Å². The second kappa shape index (κ2) is 10.6. The van der Waals surface area contributed by atoms with Crippen molar-refractivity contribution in [1.29, 1.82) is 0 Å². The normalized spacial score (nSPS) is 18.8. The molecule has 8 heteroatoms. The zero-order valence-electron chi connectivity index (χ0n) is 23.0. The molecule has 2 atom stereocenters. The Morgan fingerprint density at radius 2 is 1.83 bits per heavy atom. The third-order valence-corrected chi connectivity index (χ3v) is 7.79. The molecule has 0 fully saturated rings. The van der Waals surface area contributed by atoms with Gasteiger partial charge in [0.2, 0.25) is 0 Å². The Morgan fingerprint density at radius 3 is 2.56 bits per heavy atom. The van der Waals surface area contributed by atoms with Gasteiger partial charge in [-0.25, -0.2) is 4.79 Å². The second-order valence-electron chi connectivity index (χ2n) is 10.5. The Balaban J connectivity index is 1.43. The average molecular weight is 552 g/mol. The van der Waals surface area contributed by atoms with Crippen LogP contribution in [-0.4, -0.2) is 18.9 Å². The molecule has 3 heterocycles. The molecular weight excluding hydrogens is 522 g/mol. The Hall–Kier alpha value is -4.85. The minimum Gasteiger partial charge on any atom is -0.497 e. The fourth-order valence-corrected chi connectivity index (χ4v) is 5.75. The Kier molecular flexibility index (Phi) is 6.83. The molecule has 2 aromatic carbocycles. The van der Waals surface area contributed by atoms with Gasteiger partial charge in [0.25, 0.3) is 0 Å². The lowest BCUT2D eigenvalue weighted by atomic mass is 9.72. The third-order valence-electron chi connectivity index (χ3n) is 7.79. The summed E-state index contributed by atoms with van der Waals surface area (Å²) in [4.78, 5) is 41.4. The van der Waals surface area contributed by atoms with Gasteiger partial charge in [-0.3, -0.25) is 9.59 Å². The van der Waals surface area contributed by atoms with Gasteiger partial charge in [0, 0.05) is 34.9 Å². The molecule has 0 saturated heterocycles. The van der Waals surface area contributed by atoms with Gasteiger partial charge >= 0.3 is 5.97 Å². The van der Waals surface area contributed by atoms with Crippen molar-refractivity contribution in [3.8, 4) is 5.75 Å². The van der Waals surface area contributed by atoms with Crippen molar-refractivity contribution in [2.45, 2.75) is 45.1 Å². The second-order valence-corrected chi connectivity index (χ2v) is 10.5. The first kappa shape index (κ1) is 26.4. The number of ketones is 1. The van der Waals surface area contributed by atoms with Gasteiger partial charge in [0.1, 0.15) is 23.7 Å². The molecule has 0 saturated carbocycles. The Bertz CT molecular complexity index is 1770. The molecule has 0 spiro atoms. The number of hydrogen-bond donors (Lipinski definition) is 1. The van der Waals surface area contributed by atoms with Crippen LogP contribution in [0.4, 0.5) is 0 Å². The fraction of sp³-hybridized carbons (Fsp3) is 0.242. The van der Waals surface area contributed by atoms with E-state index < -0.39 is 11.9 Å². The smallest absolute Gasteiger partial charge is 0.337 e. The van der Waals surface area contributed by atoms with Crippen molar-refractivity contribution in [2.24, 2.45) is 0 Å². The van der Waals surface area contributed by atoms with Crippen LogP contribution < -0.4 is 15.5 Å². The number of carbonyl (C=O) groups is 2. The quantitative estimate of drug-likeness (QED) is 0.299. The molecule has 1 aliphatic carbocycles. The van der Waals surface area contributed by atoms with E-state index in [1.54, 1.807) is 50.6 Å². The van der Waals surface area contributed by atoms with Crippen LogP contribution in [0, 0.1) is 6.92 Å². The summed E-state index contributed by atoms with van der Waals surface area (Å²) in [7, 11) is 1.58. The number of carbonyl (C=O) groups excluding carboxylic acids is 2. The summed E-state index contributed by atoms with van der Waals surface area (Å²) in [5, 5.41) is 3.69. The SMILES string of the molecule is COc1ccc(COC(=O)C2=C(C)NC3=C(C(=O)C[C@H](c4ccco4)C3)[C@@H]2c2coc3ccc(C)cc3c2=O)cc1. The number of benzene rings is 2. The Labute approximate surface area is 236 Å². The number of ether oxygens (including phenoxy) is 2. The van der Waals surface area contributed by atoms with Crippen LogP contribution in [-0.2, 0) is 20.9 Å². The molecule has 208 valence electrons. The van der Waals surface area contributed by atoms with Crippen molar-refractivity contribution in [3.05, 3.63) is 122 Å². The summed E-state index contributed by atoms with van der Waals surface area (Å²) in [6.45, 7) is 3.66. The predicted molar refractivity (Wildman–Crippen MR) is 151 cm³/mol. The number of dihydropyridines is 1. The summed E-state index contributed by atoms with van der Waals surface area (Å²) >= 11 is 0. The highest BCUT2D eigenvalue weighted by atomic mass is 16.5. The average Bonchev–Trinajstić information content (AvgIpc) is 3.51. The number of fused-ring (bicyclic) bond motifs is 1. The highest BCUT2D eigenvalue weighted by Crippen LogP contribution is 2.45. The number of allylic oxidation sites excluding steroid dienone is 3. The lowest BCUT2D eigenvalue weighted by molar-refractivity contribution is -0.140. The summed E-state index contributed by atoms with van der Waals surface area (Å²) in [5.74, 6) is -0.474. The number of Topliss-reactive ketones (excluding diaryl/α,β-unsaturated/α-hetero) is 1. The van der Waals surface area contributed by atoms with Crippen LogP contribution in [0.25, 0.3) is 11.0 Å². The maximum Gasteiger partial charge on any atom is 0.337 e. The molecule has 6 rings (SSSR count). The van der Waals surface area contributed by atoms with Crippen LogP contribution in [0.15, 0.2) is 103 Å². The maximum atomic E-state index is 13.9. The van der Waals surface area contributed by atoms with Crippen molar-refractivity contribution >= 4 is 22.7 Å². The lowest BCUT2D eigenvalue weighted by Crippen LogP contribution is -2.37. The third kappa shape index (κ3) is 4.86. The number of methoxy groups -OCH3 is 1. The number of rotatable bonds is 6. The first-order chi connectivity index (χ1) is 19.8. The lowest BCUT2D eigenvalue weighted by Gasteiger charge is -2.35. The van der Waals surface area contributed by atoms with Crippen molar-refractivity contribution in [2.75, 3.05) is 7.11 Å². The van der Waals surface area contributed by atoms with E-state index in [1.807, 2.05) is 31.2 Å². The molecular formula is C33H29NO7. The first-order valence-electron chi connectivity index (χ1n) is 13.4. The van der Waals surface area contributed by atoms with E-state index in [0.717, 1.165) is 16.9 Å². The standard InChI is InChI=1S/C33H29NO7/c1-18-6-11-28-23(13-18)32(36)24(17-40-28)30-29(33(37)41-16-20-7-9-22(38-3)10-8-20)19(2)34-25-14-21(15-26(35)31(25)30)27-5-4-12-39-27/h4-13,17,21,30,34H,14-16H2,1-3H3/t21-,30-/m1/s1. The van der Waals surface area contributed by atoms with Gasteiger partial charge in [-0.2, -0.15) is 0 Å². The minimum absolute atomic E-state index is 0.0122. The molecule has 4 aromatic rings. The number of nitrogens with one attached hydrogen (secondary N) is 1. The van der Waals surface area contributed by atoms with E-state index in [-0.39, 0.29) is 41.3 Å². The Morgan fingerprint density at radius 1 is 1.02 bits per heavy atom. The summed E-state index contributed by atoms with van der Waals surface area (Å²) in [5.41, 5.74) is 3.81. The maximum absolute atomic E-state index is 13.9. The van der Waals surface area contributed by atoms with Gasteiger partial charge < -0.3 is 23.6 Å². The molecule has 2 aliphatic rings. The number of furan rings is 1. The van der Waals surface area contributed by atoms with Crippen LogP contribution >= 0.6 is 0 Å². The number of esters is 1. The van der Waals surface area contributed by atoms with E-state index in [2.05, 4.69) is 5.32 Å². The van der Waals surface area contributed by atoms with Crippen LogP contribution in [0.1, 0.15) is 54.1 Å². The zero-order chi connectivity index (χ0) is 28.7. The van der Waals surface area contributed by atoms with E-state index in [0.29, 0.717) is 40.1 Å². The highest BCUT2D eigenvalue weighted by molar-refractivity contribution is 6.04. The topological polar surface area (TPSA) is 108 Å². The predicted octanol–water partition coefficient (Wildman–Crippen LogP) is 5.81. The number of aryl methyl sites for hydroxylation is 1. The first-order valence-corrected chi connectivity index (χ1v) is 13.4. The number of hydrogen-bond acceptors (Lipinski definition) is 8. The highest BCUT2D eigenvalue weighted by Gasteiger charge is 2.43. The molecule has 2 aromatic heterocycles.